The van der Waals surface area contributed by atoms with Crippen LogP contribution in [0, 0.1) is 6.92 Å². The van der Waals surface area contributed by atoms with Crippen molar-refractivity contribution < 1.29 is 4.79 Å². The maximum absolute atomic E-state index is 9.29. The number of aryl methyl sites for hydroxylation is 1. The first-order chi connectivity index (χ1) is 8.79. The fraction of sp³-hybridized carbons (Fsp3) is 0.714. The molecule has 0 saturated heterocycles. The van der Waals surface area contributed by atoms with E-state index < -0.39 is 0 Å². The minimum atomic E-state index is 0.681. The first kappa shape index (κ1) is 16.7. The zero-order valence-corrected chi connectivity index (χ0v) is 12.1. The normalized spacial score (nSPS) is 14.0. The molecular formula is C14H27N3O. The number of carbonyl (C=O) groups is 1. The predicted molar refractivity (Wildman–Crippen MR) is 75.6 cm³/mol. The molecule has 18 heavy (non-hydrogen) atoms. The van der Waals surface area contributed by atoms with Crippen LogP contribution < -0.4 is 5.32 Å². The Balaban J connectivity index is 0.000000354. The van der Waals surface area contributed by atoms with Gasteiger partial charge in [-0.1, -0.05) is 26.7 Å². The summed E-state index contributed by atoms with van der Waals surface area (Å²) in [7, 11) is 0. The zero-order valence-electron chi connectivity index (χ0n) is 12.1. The predicted octanol–water partition coefficient (Wildman–Crippen LogP) is 3.09. The molecule has 4 nitrogen and oxygen atoms in total. The summed E-state index contributed by atoms with van der Waals surface area (Å²) in [4.78, 5) is 9.29. The van der Waals surface area contributed by atoms with Crippen LogP contribution in [0.4, 0.5) is 0 Å². The average molecular weight is 253 g/mol. The summed E-state index contributed by atoms with van der Waals surface area (Å²) in [5, 5.41) is 6.74. The van der Waals surface area contributed by atoms with Crippen LogP contribution >= 0.6 is 0 Å². The van der Waals surface area contributed by atoms with Crippen LogP contribution in [0.2, 0.25) is 0 Å². The van der Waals surface area contributed by atoms with Crippen LogP contribution in [0.5, 0.6) is 0 Å². The van der Waals surface area contributed by atoms with Gasteiger partial charge in [-0.05, 0) is 32.8 Å². The van der Waals surface area contributed by atoms with Crippen molar-refractivity contribution in [3.05, 3.63) is 18.0 Å². The second kappa shape index (κ2) is 10.8. The van der Waals surface area contributed by atoms with Crippen molar-refractivity contribution in [2.45, 2.75) is 59.4 Å². The van der Waals surface area contributed by atoms with E-state index in [1.807, 2.05) is 27.0 Å². The van der Waals surface area contributed by atoms with Gasteiger partial charge in [0.2, 0.25) is 6.41 Å². The zero-order chi connectivity index (χ0) is 13.8. The molecule has 0 spiro atoms. The molecule has 0 bridgehead atoms. The number of aromatic nitrogens is 2. The van der Waals surface area contributed by atoms with Crippen molar-refractivity contribution in [3.8, 4) is 0 Å². The van der Waals surface area contributed by atoms with Crippen LogP contribution in [0.3, 0.4) is 0 Å². The van der Waals surface area contributed by atoms with Gasteiger partial charge in [-0.15, -0.1) is 0 Å². The van der Waals surface area contributed by atoms with Gasteiger partial charge in [0.25, 0.3) is 0 Å². The third-order valence-electron chi connectivity index (χ3n) is 2.83. The van der Waals surface area contributed by atoms with Crippen molar-refractivity contribution in [2.24, 2.45) is 0 Å². The molecule has 1 N–H and O–H groups in total. The number of rotatable bonds is 3. The third kappa shape index (κ3) is 5.84. The first-order valence-corrected chi connectivity index (χ1v) is 6.96. The van der Waals surface area contributed by atoms with Crippen molar-refractivity contribution in [2.75, 3.05) is 6.54 Å². The Morgan fingerprint density at radius 3 is 2.39 bits per heavy atom. The van der Waals surface area contributed by atoms with Crippen LogP contribution in [0.15, 0.2) is 12.3 Å². The molecule has 1 fully saturated rings. The van der Waals surface area contributed by atoms with E-state index in [1.165, 1.54) is 31.4 Å². The number of amides is 1. The highest BCUT2D eigenvalue weighted by molar-refractivity contribution is 5.45. The largest absolute Gasteiger partial charge is 0.359 e. The van der Waals surface area contributed by atoms with Crippen LogP contribution in [-0.2, 0) is 4.79 Å². The van der Waals surface area contributed by atoms with Crippen molar-refractivity contribution in [3.63, 3.8) is 0 Å². The first-order valence-electron chi connectivity index (χ1n) is 6.96. The van der Waals surface area contributed by atoms with E-state index in [9.17, 15) is 4.79 Å². The Hall–Kier alpha value is -1.32. The molecule has 0 unspecified atom stereocenters. The topological polar surface area (TPSA) is 46.9 Å². The van der Waals surface area contributed by atoms with Gasteiger partial charge < -0.3 is 5.32 Å². The number of hydrogen-bond donors (Lipinski definition) is 1. The fourth-order valence-electron chi connectivity index (χ4n) is 1.99. The Labute approximate surface area is 111 Å². The second-order valence-corrected chi connectivity index (χ2v) is 4.03. The van der Waals surface area contributed by atoms with E-state index in [4.69, 9.17) is 0 Å². The van der Waals surface area contributed by atoms with E-state index >= 15 is 0 Å². The molecule has 1 aliphatic rings. The summed E-state index contributed by atoms with van der Waals surface area (Å²) >= 11 is 0. The molecular weight excluding hydrogens is 226 g/mol. The minimum absolute atomic E-state index is 0.681. The summed E-state index contributed by atoms with van der Waals surface area (Å²) in [6.07, 6.45) is 7.98. The maximum atomic E-state index is 9.29. The molecule has 0 radical (unpaired) electrons. The van der Waals surface area contributed by atoms with E-state index in [0.717, 1.165) is 6.54 Å². The molecule has 1 amide bonds. The van der Waals surface area contributed by atoms with Gasteiger partial charge in [-0.2, -0.15) is 5.10 Å². The van der Waals surface area contributed by atoms with Crippen molar-refractivity contribution >= 4 is 6.41 Å². The Bertz CT molecular complexity index is 304. The van der Waals surface area contributed by atoms with E-state index in [1.54, 1.807) is 0 Å². The third-order valence-corrected chi connectivity index (χ3v) is 2.83. The number of nitrogens with one attached hydrogen (secondary N) is 1. The number of carbonyl (C=O) groups excluding carboxylic acids is 1. The minimum Gasteiger partial charge on any atom is -0.359 e. The lowest BCUT2D eigenvalue weighted by Crippen LogP contribution is -2.07. The smallest absolute Gasteiger partial charge is 0.207 e. The second-order valence-electron chi connectivity index (χ2n) is 4.03. The van der Waals surface area contributed by atoms with Crippen LogP contribution in [-0.4, -0.2) is 22.7 Å². The molecule has 4 heteroatoms. The van der Waals surface area contributed by atoms with E-state index in [2.05, 4.69) is 28.1 Å². The summed E-state index contributed by atoms with van der Waals surface area (Å²) in [6, 6.07) is 2.78. The SMILES string of the molecule is CC.CCNC=O.Cc1ccnn1C1CCCC1. The van der Waals surface area contributed by atoms with E-state index in [-0.39, 0.29) is 0 Å². The molecule has 1 aromatic rings. The monoisotopic (exact) mass is 253 g/mol. The summed E-state index contributed by atoms with van der Waals surface area (Å²) in [5.41, 5.74) is 1.30. The summed E-state index contributed by atoms with van der Waals surface area (Å²) < 4.78 is 2.17. The maximum Gasteiger partial charge on any atom is 0.207 e. The standard InChI is InChI=1S/C9H14N2.C3H7NO.C2H6/c1-8-6-7-10-11(8)9-4-2-3-5-9;1-2-4-3-5;1-2/h6-7,9H,2-5H2,1H3;3H,2H2,1H3,(H,4,5);1-2H3. The van der Waals surface area contributed by atoms with Gasteiger partial charge in [-0.25, -0.2) is 0 Å². The molecule has 1 aromatic heterocycles. The molecule has 0 atom stereocenters. The van der Waals surface area contributed by atoms with Gasteiger partial charge in [0, 0.05) is 18.4 Å². The lowest BCUT2D eigenvalue weighted by molar-refractivity contribution is -0.109. The number of nitrogens with zero attached hydrogens (tertiary/aromatic N) is 2. The van der Waals surface area contributed by atoms with Gasteiger partial charge in [0.1, 0.15) is 0 Å². The Morgan fingerprint density at radius 2 is 2.06 bits per heavy atom. The Kier molecular flexibility index (Phi) is 10.0. The highest BCUT2D eigenvalue weighted by atomic mass is 16.1. The van der Waals surface area contributed by atoms with Gasteiger partial charge in [-0.3, -0.25) is 9.48 Å². The Morgan fingerprint density at radius 1 is 1.44 bits per heavy atom. The number of hydrogen-bond acceptors (Lipinski definition) is 2. The highest BCUT2D eigenvalue weighted by Crippen LogP contribution is 2.29. The molecule has 0 aromatic carbocycles. The van der Waals surface area contributed by atoms with Gasteiger partial charge in [0.15, 0.2) is 0 Å². The fourth-order valence-corrected chi connectivity index (χ4v) is 1.99. The lowest BCUT2D eigenvalue weighted by Gasteiger charge is -2.11. The quantitative estimate of drug-likeness (QED) is 0.841. The molecule has 104 valence electrons. The van der Waals surface area contributed by atoms with Crippen molar-refractivity contribution in [1.29, 1.82) is 0 Å². The summed E-state index contributed by atoms with van der Waals surface area (Å²) in [5.74, 6) is 0. The van der Waals surface area contributed by atoms with Crippen LogP contribution in [0.1, 0.15) is 58.2 Å². The molecule has 1 aliphatic carbocycles. The van der Waals surface area contributed by atoms with Gasteiger partial charge in [0.05, 0.1) is 6.04 Å². The van der Waals surface area contributed by atoms with Gasteiger partial charge >= 0.3 is 0 Å². The molecule has 1 saturated carbocycles. The highest BCUT2D eigenvalue weighted by Gasteiger charge is 2.17. The lowest BCUT2D eigenvalue weighted by atomic mass is 10.2. The molecule has 0 aliphatic heterocycles. The average Bonchev–Trinajstić information content (AvgIpc) is 3.04. The summed E-state index contributed by atoms with van der Waals surface area (Å²) in [6.45, 7) is 8.73. The molecule has 2 rings (SSSR count). The van der Waals surface area contributed by atoms with Crippen molar-refractivity contribution in [1.82, 2.24) is 15.1 Å². The molecule has 1 heterocycles. The van der Waals surface area contributed by atoms with E-state index in [0.29, 0.717) is 12.5 Å². The van der Waals surface area contributed by atoms with Crippen LogP contribution in [0.25, 0.3) is 0 Å².